The molecule has 0 unspecified atom stereocenters. The van der Waals surface area contributed by atoms with Gasteiger partial charge in [-0.25, -0.2) is 4.39 Å². The van der Waals surface area contributed by atoms with Crippen molar-refractivity contribution in [2.75, 3.05) is 5.88 Å². The lowest BCUT2D eigenvalue weighted by atomic mass is 10.1. The van der Waals surface area contributed by atoms with Crippen LogP contribution in [0.4, 0.5) is 4.39 Å². The second-order valence-electron chi connectivity index (χ2n) is 2.58. The third-order valence-corrected chi connectivity index (χ3v) is 2.22. The largest absolute Gasteiger partial charge is 0.206 e. The number of benzene rings is 1. The Morgan fingerprint density at radius 1 is 1.42 bits per heavy atom. The van der Waals surface area contributed by atoms with Crippen LogP contribution >= 0.6 is 24.2 Å². The fourth-order valence-electron chi connectivity index (χ4n) is 0.985. The van der Waals surface area contributed by atoms with Crippen LogP contribution in [0.1, 0.15) is 12.0 Å². The molecular weight excluding hydrogens is 195 g/mol. The van der Waals surface area contributed by atoms with Gasteiger partial charge in [-0.1, -0.05) is 6.07 Å². The molecule has 0 spiro atoms. The van der Waals surface area contributed by atoms with Crippen LogP contribution in [-0.2, 0) is 6.42 Å². The molecule has 0 aliphatic carbocycles. The average Bonchev–Trinajstić information content (AvgIpc) is 2.07. The highest BCUT2D eigenvalue weighted by molar-refractivity contribution is 7.80. The lowest BCUT2D eigenvalue weighted by molar-refractivity contribution is 0.601. The van der Waals surface area contributed by atoms with Gasteiger partial charge >= 0.3 is 0 Å². The van der Waals surface area contributed by atoms with Crippen LogP contribution in [0.15, 0.2) is 23.1 Å². The summed E-state index contributed by atoms with van der Waals surface area (Å²) in [6.07, 6.45) is 1.80. The molecule has 0 aliphatic heterocycles. The molecule has 1 aromatic rings. The topological polar surface area (TPSA) is 0 Å². The number of alkyl halides is 1. The Morgan fingerprint density at radius 2 is 2.17 bits per heavy atom. The van der Waals surface area contributed by atoms with Crippen LogP contribution in [0, 0.1) is 5.82 Å². The van der Waals surface area contributed by atoms with Crippen molar-refractivity contribution in [2.45, 2.75) is 17.7 Å². The van der Waals surface area contributed by atoms with Crippen LogP contribution < -0.4 is 0 Å². The van der Waals surface area contributed by atoms with Gasteiger partial charge < -0.3 is 0 Å². The SMILES string of the molecule is Fc1ccc(CCCCl)cc1S. The quantitative estimate of drug-likeness (QED) is 0.567. The van der Waals surface area contributed by atoms with Crippen LogP contribution in [0.2, 0.25) is 0 Å². The molecule has 0 saturated heterocycles. The molecule has 0 amide bonds. The van der Waals surface area contributed by atoms with Gasteiger partial charge in [0.1, 0.15) is 5.82 Å². The monoisotopic (exact) mass is 204 g/mol. The Labute approximate surface area is 82.2 Å². The summed E-state index contributed by atoms with van der Waals surface area (Å²) in [6, 6.07) is 4.94. The first-order valence-electron chi connectivity index (χ1n) is 3.77. The lowest BCUT2D eigenvalue weighted by Crippen LogP contribution is -1.87. The normalized spacial score (nSPS) is 10.2. The summed E-state index contributed by atoms with van der Waals surface area (Å²) in [5, 5.41) is 0. The van der Waals surface area contributed by atoms with Gasteiger partial charge in [0, 0.05) is 10.8 Å². The third-order valence-electron chi connectivity index (χ3n) is 1.61. The predicted molar refractivity (Wildman–Crippen MR) is 52.7 cm³/mol. The van der Waals surface area contributed by atoms with Crippen molar-refractivity contribution < 1.29 is 4.39 Å². The molecule has 1 rings (SSSR count). The Kier molecular flexibility index (Phi) is 3.89. The molecule has 0 nitrogen and oxygen atoms in total. The van der Waals surface area contributed by atoms with Crippen molar-refractivity contribution >= 4 is 24.2 Å². The van der Waals surface area contributed by atoms with E-state index in [2.05, 4.69) is 12.6 Å². The number of hydrogen-bond donors (Lipinski definition) is 1. The summed E-state index contributed by atoms with van der Waals surface area (Å²) in [5.74, 6) is 0.368. The Balaban J connectivity index is 2.69. The van der Waals surface area contributed by atoms with E-state index in [1.165, 1.54) is 6.07 Å². The van der Waals surface area contributed by atoms with Crippen LogP contribution in [-0.4, -0.2) is 5.88 Å². The molecule has 0 N–H and O–H groups in total. The van der Waals surface area contributed by atoms with E-state index in [0.717, 1.165) is 18.4 Å². The molecule has 0 atom stereocenters. The van der Waals surface area contributed by atoms with Gasteiger partial charge in [0.25, 0.3) is 0 Å². The van der Waals surface area contributed by atoms with Crippen molar-refractivity contribution in [3.63, 3.8) is 0 Å². The zero-order valence-corrected chi connectivity index (χ0v) is 8.21. The molecule has 0 bridgehead atoms. The summed E-state index contributed by atoms with van der Waals surface area (Å²) in [7, 11) is 0. The molecule has 0 fully saturated rings. The fourth-order valence-corrected chi connectivity index (χ4v) is 1.36. The molecule has 0 saturated carbocycles. The van der Waals surface area contributed by atoms with Crippen LogP contribution in [0.3, 0.4) is 0 Å². The van der Waals surface area contributed by atoms with Crippen molar-refractivity contribution in [3.8, 4) is 0 Å². The smallest absolute Gasteiger partial charge is 0.136 e. The highest BCUT2D eigenvalue weighted by Crippen LogP contribution is 2.15. The molecular formula is C9H10ClFS. The maximum Gasteiger partial charge on any atom is 0.136 e. The van der Waals surface area contributed by atoms with Crippen LogP contribution in [0.25, 0.3) is 0 Å². The molecule has 3 heteroatoms. The number of aryl methyl sites for hydroxylation is 1. The van der Waals surface area contributed by atoms with E-state index >= 15 is 0 Å². The summed E-state index contributed by atoms with van der Waals surface area (Å²) < 4.78 is 12.7. The van der Waals surface area contributed by atoms with Gasteiger partial charge in [0.15, 0.2) is 0 Å². The van der Waals surface area contributed by atoms with Crippen molar-refractivity contribution in [1.29, 1.82) is 0 Å². The van der Waals surface area contributed by atoms with Gasteiger partial charge in [0.2, 0.25) is 0 Å². The minimum Gasteiger partial charge on any atom is -0.206 e. The minimum atomic E-state index is -0.270. The zero-order chi connectivity index (χ0) is 8.97. The zero-order valence-electron chi connectivity index (χ0n) is 6.56. The molecule has 66 valence electrons. The summed E-state index contributed by atoms with van der Waals surface area (Å²) in [5.41, 5.74) is 1.09. The average molecular weight is 205 g/mol. The van der Waals surface area contributed by atoms with E-state index in [1.807, 2.05) is 0 Å². The Hall–Kier alpha value is -0.210. The van der Waals surface area contributed by atoms with Crippen molar-refractivity contribution in [1.82, 2.24) is 0 Å². The summed E-state index contributed by atoms with van der Waals surface area (Å²) in [4.78, 5) is 0.405. The molecule has 0 aromatic heterocycles. The fraction of sp³-hybridized carbons (Fsp3) is 0.333. The van der Waals surface area contributed by atoms with E-state index in [0.29, 0.717) is 10.8 Å². The first kappa shape index (κ1) is 9.87. The van der Waals surface area contributed by atoms with Crippen molar-refractivity contribution in [2.24, 2.45) is 0 Å². The first-order chi connectivity index (χ1) is 5.74. The highest BCUT2D eigenvalue weighted by atomic mass is 35.5. The van der Waals surface area contributed by atoms with Crippen molar-refractivity contribution in [3.05, 3.63) is 29.6 Å². The summed E-state index contributed by atoms with van der Waals surface area (Å²) >= 11 is 9.51. The maximum atomic E-state index is 12.7. The van der Waals surface area contributed by atoms with Gasteiger partial charge in [0.05, 0.1) is 0 Å². The lowest BCUT2D eigenvalue weighted by Gasteiger charge is -2.00. The predicted octanol–water partition coefficient (Wildman–Crippen LogP) is 3.29. The Bertz CT molecular complexity index is 263. The molecule has 1 aromatic carbocycles. The van der Waals surface area contributed by atoms with E-state index in [9.17, 15) is 4.39 Å². The van der Waals surface area contributed by atoms with Gasteiger partial charge in [-0.05, 0) is 30.5 Å². The summed E-state index contributed by atoms with van der Waals surface area (Å²) in [6.45, 7) is 0. The van der Waals surface area contributed by atoms with E-state index in [-0.39, 0.29) is 5.82 Å². The van der Waals surface area contributed by atoms with Crippen LogP contribution in [0.5, 0.6) is 0 Å². The molecule has 12 heavy (non-hydrogen) atoms. The van der Waals surface area contributed by atoms with E-state index in [1.54, 1.807) is 12.1 Å². The second kappa shape index (κ2) is 4.73. The van der Waals surface area contributed by atoms with Gasteiger partial charge in [-0.3, -0.25) is 0 Å². The second-order valence-corrected chi connectivity index (χ2v) is 3.44. The standard InChI is InChI=1S/C9H10ClFS/c10-5-1-2-7-3-4-8(11)9(12)6-7/h3-4,6,12H,1-2,5H2. The third kappa shape index (κ3) is 2.68. The number of thiol groups is 1. The molecule has 0 aliphatic rings. The minimum absolute atomic E-state index is 0.270. The number of halogens is 2. The number of rotatable bonds is 3. The van der Waals surface area contributed by atoms with Gasteiger partial charge in [-0.15, -0.1) is 24.2 Å². The molecule has 0 heterocycles. The van der Waals surface area contributed by atoms with E-state index < -0.39 is 0 Å². The highest BCUT2D eigenvalue weighted by Gasteiger charge is 1.98. The number of hydrogen-bond acceptors (Lipinski definition) is 1. The Morgan fingerprint density at radius 3 is 2.75 bits per heavy atom. The maximum absolute atomic E-state index is 12.7. The first-order valence-corrected chi connectivity index (χ1v) is 4.75. The van der Waals surface area contributed by atoms with E-state index in [4.69, 9.17) is 11.6 Å². The van der Waals surface area contributed by atoms with Gasteiger partial charge in [-0.2, -0.15) is 0 Å². The molecule has 0 radical (unpaired) electrons.